The number of alkyl halides is 3. The van der Waals surface area contributed by atoms with Crippen LogP contribution < -0.4 is 10.1 Å². The third kappa shape index (κ3) is 8.79. The normalized spacial score (nSPS) is 13.8. The van der Waals surface area contributed by atoms with Crippen LogP contribution in [0.4, 0.5) is 13.2 Å². The molecule has 0 fully saturated rings. The molecule has 6 nitrogen and oxygen atoms in total. The predicted molar refractivity (Wildman–Crippen MR) is 145 cm³/mol. The smallest absolute Gasteiger partial charge is 0.450 e. The molecule has 0 saturated carbocycles. The lowest BCUT2D eigenvalue weighted by atomic mass is 9.84. The second-order valence-electron chi connectivity index (χ2n) is 9.47. The van der Waals surface area contributed by atoms with Gasteiger partial charge in [0.05, 0.1) is 0 Å². The predicted octanol–water partition coefficient (Wildman–Crippen LogP) is 6.60. The van der Waals surface area contributed by atoms with E-state index in [2.05, 4.69) is 10.3 Å². The Morgan fingerprint density at radius 2 is 1.57 bits per heavy atom. The first kappa shape index (κ1) is 31.1. The monoisotopic (exact) mass is 594 g/mol. The Kier molecular flexibility index (Phi) is 10.7. The van der Waals surface area contributed by atoms with Crippen LogP contribution in [0.3, 0.4) is 0 Å². The molecule has 212 valence electrons. The van der Waals surface area contributed by atoms with Crippen molar-refractivity contribution in [2.24, 2.45) is 11.8 Å². The number of ether oxygens (including phenoxy) is 1. The Bertz CT molecular complexity index is 1300. The molecular weight excluding hydrogens is 568 g/mol. The van der Waals surface area contributed by atoms with E-state index in [1.165, 1.54) is 32.0 Å². The van der Waals surface area contributed by atoms with E-state index in [-0.39, 0.29) is 22.2 Å². The second kappa shape index (κ2) is 13.8. The van der Waals surface area contributed by atoms with Gasteiger partial charge in [-0.1, -0.05) is 73.4 Å². The molecule has 0 aliphatic carbocycles. The number of ketones is 2. The Balaban J connectivity index is 1.92. The highest BCUT2D eigenvalue weighted by molar-refractivity contribution is 6.34. The first-order valence-corrected chi connectivity index (χ1v) is 13.1. The fraction of sp³-hybridized carbons (Fsp3) is 0.310. The molecule has 1 N–H and O–H groups in total. The van der Waals surface area contributed by atoms with Crippen molar-refractivity contribution in [2.45, 2.75) is 45.0 Å². The number of benzene rings is 2. The van der Waals surface area contributed by atoms with Gasteiger partial charge in [0.1, 0.15) is 11.8 Å². The number of amides is 1. The molecular formula is C29H27Cl2F3N2O4. The Hall–Kier alpha value is -3.43. The average Bonchev–Trinajstić information content (AvgIpc) is 2.89. The van der Waals surface area contributed by atoms with Crippen LogP contribution in [-0.4, -0.2) is 34.7 Å². The molecule has 0 radical (unpaired) electrons. The fourth-order valence-corrected chi connectivity index (χ4v) is 4.57. The Morgan fingerprint density at radius 3 is 2.12 bits per heavy atom. The number of carbonyl (C=O) groups excluding carboxylic acids is 3. The number of pyridine rings is 1. The largest absolute Gasteiger partial charge is 0.480 e. The first-order chi connectivity index (χ1) is 18.8. The van der Waals surface area contributed by atoms with E-state index in [1.807, 2.05) is 0 Å². The molecule has 1 heterocycles. The number of hydrogen-bond donors (Lipinski definition) is 1. The third-order valence-corrected chi connectivity index (χ3v) is 6.55. The van der Waals surface area contributed by atoms with Crippen molar-refractivity contribution in [1.29, 1.82) is 0 Å². The molecule has 0 unspecified atom stereocenters. The molecule has 0 aliphatic heterocycles. The van der Waals surface area contributed by atoms with Gasteiger partial charge < -0.3 is 10.1 Å². The SMILES string of the molecule is CC(C)[C@H](CC(=O)[C@@H](NC(=O)[C@@H](Cc1ccccn1)Oc1cc(Cl)cc(Cl)c1)c1ccccc1)C(=O)C(F)(F)F. The standard InChI is InChI=1S/C29H27Cl2F3N2O4/c1-17(2)23(27(38)29(32,33)34)16-24(37)26(18-8-4-3-5-9-18)36-28(39)25(15-21-10-6-7-11-35-21)40-22-13-19(30)12-20(31)14-22/h3-14,17,23,25-26H,15-16H2,1-2H3,(H,36,39)/t23-,25+,26-/m0/s1. The minimum atomic E-state index is -5.10. The molecule has 0 saturated heterocycles. The maximum Gasteiger partial charge on any atom is 0.450 e. The van der Waals surface area contributed by atoms with E-state index in [0.717, 1.165) is 0 Å². The molecule has 3 rings (SSSR count). The van der Waals surface area contributed by atoms with Crippen molar-refractivity contribution in [3.05, 3.63) is 94.2 Å². The molecule has 3 atom stereocenters. The maximum absolute atomic E-state index is 13.6. The van der Waals surface area contributed by atoms with Crippen LogP contribution in [0.1, 0.15) is 37.6 Å². The molecule has 40 heavy (non-hydrogen) atoms. The molecule has 2 aromatic carbocycles. The van der Waals surface area contributed by atoms with Crippen molar-refractivity contribution in [3.8, 4) is 5.75 Å². The number of Topliss-reactive ketones (excluding diaryl/α,β-unsaturated/α-hetero) is 2. The van der Waals surface area contributed by atoms with Gasteiger partial charge in [-0.3, -0.25) is 19.4 Å². The highest BCUT2D eigenvalue weighted by atomic mass is 35.5. The number of rotatable bonds is 12. The van der Waals surface area contributed by atoms with Gasteiger partial charge in [-0.15, -0.1) is 0 Å². The van der Waals surface area contributed by atoms with Crippen molar-refractivity contribution in [1.82, 2.24) is 10.3 Å². The van der Waals surface area contributed by atoms with E-state index >= 15 is 0 Å². The zero-order valence-electron chi connectivity index (χ0n) is 21.6. The average molecular weight is 595 g/mol. The van der Waals surface area contributed by atoms with Crippen LogP contribution in [0.5, 0.6) is 5.75 Å². The number of aromatic nitrogens is 1. The summed E-state index contributed by atoms with van der Waals surface area (Å²) in [6.45, 7) is 2.87. The van der Waals surface area contributed by atoms with Gasteiger partial charge in [0.25, 0.3) is 5.91 Å². The van der Waals surface area contributed by atoms with Gasteiger partial charge in [0, 0.05) is 40.7 Å². The highest BCUT2D eigenvalue weighted by Gasteiger charge is 2.45. The van der Waals surface area contributed by atoms with Crippen LogP contribution >= 0.6 is 23.2 Å². The van der Waals surface area contributed by atoms with Crippen LogP contribution in [0.25, 0.3) is 0 Å². The summed E-state index contributed by atoms with van der Waals surface area (Å²) in [4.78, 5) is 43.3. The first-order valence-electron chi connectivity index (χ1n) is 12.4. The van der Waals surface area contributed by atoms with Gasteiger partial charge >= 0.3 is 6.18 Å². The zero-order chi connectivity index (χ0) is 29.4. The maximum atomic E-state index is 13.6. The summed E-state index contributed by atoms with van der Waals surface area (Å²) in [6, 6.07) is 16.2. The summed E-state index contributed by atoms with van der Waals surface area (Å²) in [5.74, 6) is -5.65. The van der Waals surface area contributed by atoms with Crippen molar-refractivity contribution < 1.29 is 32.3 Å². The lowest BCUT2D eigenvalue weighted by Crippen LogP contribution is -2.45. The number of nitrogens with zero attached hydrogens (tertiary/aromatic N) is 1. The molecule has 1 aromatic heterocycles. The molecule has 1 amide bonds. The summed E-state index contributed by atoms with van der Waals surface area (Å²) in [5.41, 5.74) is 0.846. The molecule has 3 aromatic rings. The zero-order valence-corrected chi connectivity index (χ0v) is 23.1. The minimum absolute atomic E-state index is 0.00627. The van der Waals surface area contributed by atoms with E-state index in [1.54, 1.807) is 54.7 Å². The Labute approximate surface area is 239 Å². The van der Waals surface area contributed by atoms with E-state index < -0.39 is 54.1 Å². The Morgan fingerprint density at radius 1 is 0.950 bits per heavy atom. The number of carbonyl (C=O) groups is 3. The summed E-state index contributed by atoms with van der Waals surface area (Å²) in [6.07, 6.45) is -5.50. The van der Waals surface area contributed by atoms with Crippen LogP contribution in [0.15, 0.2) is 72.9 Å². The summed E-state index contributed by atoms with van der Waals surface area (Å²) in [7, 11) is 0. The van der Waals surface area contributed by atoms with Crippen LogP contribution in [-0.2, 0) is 20.8 Å². The van der Waals surface area contributed by atoms with E-state index in [0.29, 0.717) is 11.3 Å². The van der Waals surface area contributed by atoms with Crippen molar-refractivity contribution in [2.75, 3.05) is 0 Å². The highest BCUT2D eigenvalue weighted by Crippen LogP contribution is 2.30. The molecule has 0 aliphatic rings. The number of nitrogens with one attached hydrogen (secondary N) is 1. The summed E-state index contributed by atoms with van der Waals surface area (Å²) < 4.78 is 45.7. The minimum Gasteiger partial charge on any atom is -0.480 e. The van der Waals surface area contributed by atoms with Gasteiger partial charge in [-0.2, -0.15) is 13.2 Å². The topological polar surface area (TPSA) is 85.4 Å². The van der Waals surface area contributed by atoms with Gasteiger partial charge in [0.15, 0.2) is 11.9 Å². The summed E-state index contributed by atoms with van der Waals surface area (Å²) in [5, 5.41) is 3.16. The van der Waals surface area contributed by atoms with E-state index in [4.69, 9.17) is 27.9 Å². The quantitative estimate of drug-likeness (QED) is 0.255. The number of halogens is 5. The van der Waals surface area contributed by atoms with Crippen molar-refractivity contribution in [3.63, 3.8) is 0 Å². The van der Waals surface area contributed by atoms with E-state index in [9.17, 15) is 27.6 Å². The van der Waals surface area contributed by atoms with Gasteiger partial charge in [0.2, 0.25) is 5.78 Å². The van der Waals surface area contributed by atoms with Crippen LogP contribution in [0, 0.1) is 11.8 Å². The molecule has 0 spiro atoms. The fourth-order valence-electron chi connectivity index (χ4n) is 4.06. The van der Waals surface area contributed by atoms with Gasteiger partial charge in [-0.25, -0.2) is 0 Å². The lowest BCUT2D eigenvalue weighted by Gasteiger charge is -2.26. The third-order valence-electron chi connectivity index (χ3n) is 6.11. The van der Waals surface area contributed by atoms with Crippen molar-refractivity contribution >= 4 is 40.7 Å². The number of hydrogen-bond acceptors (Lipinski definition) is 5. The molecule has 11 heteroatoms. The van der Waals surface area contributed by atoms with Gasteiger partial charge in [-0.05, 0) is 41.8 Å². The summed E-state index contributed by atoms with van der Waals surface area (Å²) >= 11 is 12.2. The van der Waals surface area contributed by atoms with Crippen LogP contribution in [0.2, 0.25) is 10.0 Å². The molecule has 0 bridgehead atoms. The second-order valence-corrected chi connectivity index (χ2v) is 10.3. The lowest BCUT2D eigenvalue weighted by molar-refractivity contribution is -0.177.